The van der Waals surface area contributed by atoms with Crippen LogP contribution in [0.1, 0.15) is 27.2 Å². The molecule has 0 saturated heterocycles. The number of carbonyl (C=O) groups is 1. The van der Waals surface area contributed by atoms with Crippen LogP contribution < -0.4 is 25.0 Å². The van der Waals surface area contributed by atoms with Crippen molar-refractivity contribution < 1.29 is 19.0 Å². The molecule has 0 aliphatic heterocycles. The van der Waals surface area contributed by atoms with Crippen molar-refractivity contribution in [1.29, 1.82) is 0 Å². The minimum Gasteiger partial charge on any atom is -0.493 e. The predicted octanol–water partition coefficient (Wildman–Crippen LogP) is 5.10. The maximum atomic E-state index is 13.6. The molecule has 1 N–H and O–H groups in total. The maximum absolute atomic E-state index is 13.6. The molecule has 0 fully saturated rings. The van der Waals surface area contributed by atoms with Crippen LogP contribution in [0.3, 0.4) is 0 Å². The molecule has 8 heteroatoms. The summed E-state index contributed by atoms with van der Waals surface area (Å²) in [6.07, 6.45) is 0. The Bertz CT molecular complexity index is 1480. The maximum Gasteiger partial charge on any atom is 0.257 e. The van der Waals surface area contributed by atoms with Crippen molar-refractivity contribution in [3.8, 4) is 34.1 Å². The number of methoxy groups -OCH3 is 3. The second kappa shape index (κ2) is 10.6. The van der Waals surface area contributed by atoms with Gasteiger partial charge in [0.2, 0.25) is 11.2 Å². The van der Waals surface area contributed by atoms with E-state index < -0.39 is 5.91 Å². The fourth-order valence-corrected chi connectivity index (χ4v) is 4.01. The zero-order chi connectivity index (χ0) is 26.7. The van der Waals surface area contributed by atoms with Crippen LogP contribution in [0.5, 0.6) is 17.2 Å². The van der Waals surface area contributed by atoms with Gasteiger partial charge in [0, 0.05) is 5.56 Å². The van der Waals surface area contributed by atoms with Gasteiger partial charge in [-0.15, -0.1) is 0 Å². The van der Waals surface area contributed by atoms with Gasteiger partial charge in [0.1, 0.15) is 11.5 Å². The minimum absolute atomic E-state index is 0.252. The third-order valence-corrected chi connectivity index (χ3v) is 6.03. The molecular formula is C29H29N3O5. The van der Waals surface area contributed by atoms with Crippen LogP contribution >= 0.6 is 0 Å². The number of hydrogen-bond donors (Lipinski definition) is 1. The Morgan fingerprint density at radius 2 is 1.35 bits per heavy atom. The summed E-state index contributed by atoms with van der Waals surface area (Å²) < 4.78 is 17.8. The van der Waals surface area contributed by atoms with Crippen LogP contribution in [0.2, 0.25) is 0 Å². The molecule has 3 aromatic carbocycles. The van der Waals surface area contributed by atoms with Crippen LogP contribution in [-0.2, 0) is 0 Å². The van der Waals surface area contributed by atoms with Gasteiger partial charge in [0.05, 0.1) is 32.6 Å². The van der Waals surface area contributed by atoms with Crippen molar-refractivity contribution in [3.63, 3.8) is 0 Å². The van der Waals surface area contributed by atoms with E-state index in [-0.39, 0.29) is 16.8 Å². The lowest BCUT2D eigenvalue weighted by Gasteiger charge is -2.19. The van der Waals surface area contributed by atoms with E-state index in [0.29, 0.717) is 39.8 Å². The highest BCUT2D eigenvalue weighted by atomic mass is 16.5. The van der Waals surface area contributed by atoms with Crippen molar-refractivity contribution in [2.24, 2.45) is 0 Å². The number of rotatable bonds is 7. The van der Waals surface area contributed by atoms with Crippen LogP contribution in [0.15, 0.2) is 65.5 Å². The Kier molecular flexibility index (Phi) is 7.29. The minimum atomic E-state index is -0.474. The first kappa shape index (κ1) is 25.5. The summed E-state index contributed by atoms with van der Waals surface area (Å²) in [5.41, 5.74) is 4.13. The number of ether oxygens (including phenoxy) is 3. The smallest absolute Gasteiger partial charge is 0.257 e. The fraction of sp³-hybridized carbons (Fsp3) is 0.207. The summed E-state index contributed by atoms with van der Waals surface area (Å²) >= 11 is 0. The molecule has 0 atom stereocenters. The first-order chi connectivity index (χ1) is 17.8. The number of aromatic nitrogens is 2. The van der Waals surface area contributed by atoms with Crippen molar-refractivity contribution in [2.45, 2.75) is 20.8 Å². The molecule has 1 heterocycles. The molecule has 190 valence electrons. The Hall–Kier alpha value is -4.59. The average molecular weight is 500 g/mol. The molecule has 4 aromatic rings. The molecule has 0 saturated carbocycles. The molecule has 0 aliphatic carbocycles. The average Bonchev–Trinajstić information content (AvgIpc) is 2.91. The molecule has 0 bridgehead atoms. The zero-order valence-electron chi connectivity index (χ0n) is 21.7. The van der Waals surface area contributed by atoms with E-state index in [4.69, 9.17) is 14.2 Å². The van der Waals surface area contributed by atoms with Gasteiger partial charge in [-0.05, 0) is 50.6 Å². The van der Waals surface area contributed by atoms with Crippen LogP contribution in [0.25, 0.3) is 16.8 Å². The molecule has 0 unspecified atom stereocenters. The molecule has 1 aromatic heterocycles. The lowest BCUT2D eigenvalue weighted by Crippen LogP contribution is -2.25. The Balaban J connectivity index is 1.93. The number of nitrogens with one attached hydrogen (secondary N) is 1. The number of amides is 1. The third kappa shape index (κ3) is 5.04. The normalized spacial score (nSPS) is 10.6. The Morgan fingerprint density at radius 1 is 0.811 bits per heavy atom. The summed E-state index contributed by atoms with van der Waals surface area (Å²) in [6.45, 7) is 5.62. The number of carbonyl (C=O) groups excluding carboxylic acids is 1. The van der Waals surface area contributed by atoms with Gasteiger partial charge in [-0.25, -0.2) is 4.68 Å². The van der Waals surface area contributed by atoms with Crippen molar-refractivity contribution in [3.05, 3.63) is 93.3 Å². The van der Waals surface area contributed by atoms with Crippen molar-refractivity contribution >= 4 is 11.7 Å². The highest BCUT2D eigenvalue weighted by Crippen LogP contribution is 2.38. The Labute approximate surface area is 215 Å². The third-order valence-electron chi connectivity index (χ3n) is 6.03. The van der Waals surface area contributed by atoms with Crippen LogP contribution in [0.4, 0.5) is 5.82 Å². The van der Waals surface area contributed by atoms with Crippen molar-refractivity contribution in [2.75, 3.05) is 26.6 Å². The van der Waals surface area contributed by atoms with E-state index in [0.717, 1.165) is 11.1 Å². The van der Waals surface area contributed by atoms with Gasteiger partial charge in [-0.1, -0.05) is 47.5 Å². The number of nitrogens with zero attached hydrogens (tertiary/aromatic N) is 2. The largest absolute Gasteiger partial charge is 0.493 e. The predicted molar refractivity (Wildman–Crippen MR) is 144 cm³/mol. The topological polar surface area (TPSA) is 91.7 Å². The number of anilines is 1. The lowest BCUT2D eigenvalue weighted by molar-refractivity contribution is 0.102. The Morgan fingerprint density at radius 3 is 1.86 bits per heavy atom. The molecule has 0 spiro atoms. The van der Waals surface area contributed by atoms with Gasteiger partial charge in [0.25, 0.3) is 5.91 Å². The fourth-order valence-electron chi connectivity index (χ4n) is 4.01. The van der Waals surface area contributed by atoms with E-state index in [2.05, 4.69) is 10.4 Å². The van der Waals surface area contributed by atoms with Crippen molar-refractivity contribution in [1.82, 2.24) is 9.78 Å². The van der Waals surface area contributed by atoms with E-state index in [1.165, 1.54) is 21.3 Å². The summed E-state index contributed by atoms with van der Waals surface area (Å²) in [4.78, 5) is 27.0. The zero-order valence-corrected chi connectivity index (χ0v) is 21.7. The lowest BCUT2D eigenvalue weighted by atomic mass is 10.0. The van der Waals surface area contributed by atoms with Gasteiger partial charge >= 0.3 is 0 Å². The molecule has 4 rings (SSSR count). The monoisotopic (exact) mass is 499 g/mol. The summed E-state index contributed by atoms with van der Waals surface area (Å²) in [5.74, 6) is 0.823. The van der Waals surface area contributed by atoms with Crippen LogP contribution in [-0.4, -0.2) is 37.0 Å². The van der Waals surface area contributed by atoms with E-state index in [1.807, 2.05) is 62.4 Å². The summed E-state index contributed by atoms with van der Waals surface area (Å²) in [5, 5.41) is 7.48. The van der Waals surface area contributed by atoms with E-state index in [1.54, 1.807) is 23.7 Å². The number of benzene rings is 3. The summed E-state index contributed by atoms with van der Waals surface area (Å²) in [7, 11) is 4.45. The quantitative estimate of drug-likeness (QED) is 0.380. The van der Waals surface area contributed by atoms with Gasteiger partial charge in [-0.3, -0.25) is 9.59 Å². The molecule has 0 aliphatic rings. The summed E-state index contributed by atoms with van der Waals surface area (Å²) in [6, 6.07) is 18.3. The standard InChI is InChI=1S/C29H29N3O5/c1-17-7-11-20(12-8-17)25-26(33)19(3)31-32(22-13-9-18(2)10-14-22)28(25)30-29(34)21-15-23(35-4)27(37-6)24(16-21)36-5/h7-16H,1-6H3,(H,30,34). The van der Waals surface area contributed by atoms with Gasteiger partial charge in [0.15, 0.2) is 11.5 Å². The van der Waals surface area contributed by atoms with Gasteiger partial charge < -0.3 is 19.5 Å². The van der Waals surface area contributed by atoms with Gasteiger partial charge in [-0.2, -0.15) is 5.10 Å². The van der Waals surface area contributed by atoms with E-state index >= 15 is 0 Å². The molecule has 1 amide bonds. The van der Waals surface area contributed by atoms with E-state index in [9.17, 15) is 9.59 Å². The molecule has 0 radical (unpaired) electrons. The molecule has 37 heavy (non-hydrogen) atoms. The highest BCUT2D eigenvalue weighted by Gasteiger charge is 2.23. The molecule has 8 nitrogen and oxygen atoms in total. The number of aryl methyl sites for hydroxylation is 3. The molecular weight excluding hydrogens is 470 g/mol. The number of hydrogen-bond acceptors (Lipinski definition) is 6. The highest BCUT2D eigenvalue weighted by molar-refractivity contribution is 6.06. The second-order valence-corrected chi connectivity index (χ2v) is 8.62. The second-order valence-electron chi connectivity index (χ2n) is 8.62. The van der Waals surface area contributed by atoms with Crippen LogP contribution in [0, 0.1) is 20.8 Å². The first-order valence-electron chi connectivity index (χ1n) is 11.7. The SMILES string of the molecule is COc1cc(C(=O)Nc2c(-c3ccc(C)cc3)c(=O)c(C)nn2-c2ccc(C)cc2)cc(OC)c1OC. The first-order valence-corrected chi connectivity index (χ1v) is 11.7.